The van der Waals surface area contributed by atoms with E-state index in [1.807, 2.05) is 25.1 Å². The highest BCUT2D eigenvalue weighted by atomic mass is 19.1. The molecule has 6 nitrogen and oxygen atoms in total. The molecular weight excluding hydrogens is 349 g/mol. The standard InChI is InChI=1S/C20H16FN3O3/c1-11-19-15(12-2-7-16-17(8-12)27-10-26-16)9-18(25)22-20(19)24(23-11)14-5-3-13(21)4-6-14/h2-8,15H,9-10H2,1H3,(H,22,25)/t15-/m0/s1. The van der Waals surface area contributed by atoms with Crippen molar-refractivity contribution < 1.29 is 18.7 Å². The van der Waals surface area contributed by atoms with Crippen molar-refractivity contribution in [2.24, 2.45) is 0 Å². The summed E-state index contributed by atoms with van der Waals surface area (Å²) >= 11 is 0. The maximum Gasteiger partial charge on any atom is 0.231 e. The number of amides is 1. The van der Waals surface area contributed by atoms with Crippen molar-refractivity contribution in [2.75, 3.05) is 12.1 Å². The number of rotatable bonds is 2. The van der Waals surface area contributed by atoms with Crippen LogP contribution in [0.4, 0.5) is 10.2 Å². The average Bonchev–Trinajstić information content (AvgIpc) is 3.26. The molecule has 1 aromatic heterocycles. The van der Waals surface area contributed by atoms with Gasteiger partial charge in [-0.3, -0.25) is 4.79 Å². The fourth-order valence-corrected chi connectivity index (χ4v) is 3.73. The van der Waals surface area contributed by atoms with Crippen molar-refractivity contribution >= 4 is 11.7 Å². The van der Waals surface area contributed by atoms with Gasteiger partial charge in [0.2, 0.25) is 12.7 Å². The van der Waals surface area contributed by atoms with E-state index in [9.17, 15) is 9.18 Å². The van der Waals surface area contributed by atoms with Crippen LogP contribution in [0, 0.1) is 12.7 Å². The summed E-state index contributed by atoms with van der Waals surface area (Å²) in [5, 5.41) is 7.52. The van der Waals surface area contributed by atoms with Gasteiger partial charge in [0.25, 0.3) is 0 Å². The molecule has 2 aliphatic rings. The molecule has 2 aromatic carbocycles. The van der Waals surface area contributed by atoms with E-state index in [1.54, 1.807) is 16.8 Å². The number of carbonyl (C=O) groups excluding carboxylic acids is 1. The van der Waals surface area contributed by atoms with Crippen LogP contribution in [0.1, 0.15) is 29.2 Å². The lowest BCUT2D eigenvalue weighted by Gasteiger charge is -2.24. The summed E-state index contributed by atoms with van der Waals surface area (Å²) in [5.41, 5.74) is 3.43. The SMILES string of the molecule is Cc1nn(-c2ccc(F)cc2)c2c1[C@H](c1ccc3c(c1)OCO3)CC(=O)N2. The maximum atomic E-state index is 13.3. The molecule has 0 aliphatic carbocycles. The number of hydrogen-bond acceptors (Lipinski definition) is 4. The number of hydrogen-bond donors (Lipinski definition) is 1. The highest BCUT2D eigenvalue weighted by molar-refractivity contribution is 5.95. The summed E-state index contributed by atoms with van der Waals surface area (Å²) in [6, 6.07) is 11.8. The maximum absolute atomic E-state index is 13.3. The lowest BCUT2D eigenvalue weighted by Crippen LogP contribution is -2.24. The number of ether oxygens (including phenoxy) is 2. The predicted octanol–water partition coefficient (Wildman–Crippen LogP) is 3.52. The minimum absolute atomic E-state index is 0.0894. The quantitative estimate of drug-likeness (QED) is 0.755. The first-order valence-electron chi connectivity index (χ1n) is 8.65. The smallest absolute Gasteiger partial charge is 0.231 e. The van der Waals surface area contributed by atoms with Crippen LogP contribution in [0.15, 0.2) is 42.5 Å². The summed E-state index contributed by atoms with van der Waals surface area (Å²) in [6.45, 7) is 2.12. The van der Waals surface area contributed by atoms with Crippen LogP contribution in [0.2, 0.25) is 0 Å². The first-order chi connectivity index (χ1) is 13.1. The van der Waals surface area contributed by atoms with E-state index in [0.29, 0.717) is 29.4 Å². The third-order valence-electron chi connectivity index (χ3n) is 4.97. The molecule has 0 saturated carbocycles. The Labute approximate surface area is 154 Å². The second kappa shape index (κ2) is 5.84. The number of aryl methyl sites for hydroxylation is 1. The van der Waals surface area contributed by atoms with E-state index < -0.39 is 0 Å². The van der Waals surface area contributed by atoms with Crippen LogP contribution < -0.4 is 14.8 Å². The monoisotopic (exact) mass is 365 g/mol. The van der Waals surface area contributed by atoms with Gasteiger partial charge in [-0.1, -0.05) is 6.07 Å². The van der Waals surface area contributed by atoms with Crippen LogP contribution in [0.3, 0.4) is 0 Å². The number of carbonyl (C=O) groups is 1. The Balaban J connectivity index is 1.63. The number of benzene rings is 2. The molecule has 1 amide bonds. The van der Waals surface area contributed by atoms with Crippen LogP contribution in [-0.2, 0) is 4.79 Å². The van der Waals surface area contributed by atoms with Gasteiger partial charge in [0, 0.05) is 17.9 Å². The minimum atomic E-state index is -0.321. The fourth-order valence-electron chi connectivity index (χ4n) is 3.73. The van der Waals surface area contributed by atoms with Gasteiger partial charge in [0.05, 0.1) is 11.4 Å². The average molecular weight is 365 g/mol. The lowest BCUT2D eigenvalue weighted by molar-refractivity contribution is -0.116. The van der Waals surface area contributed by atoms with E-state index in [-0.39, 0.29) is 24.4 Å². The first kappa shape index (κ1) is 15.9. The van der Waals surface area contributed by atoms with Gasteiger partial charge in [-0.2, -0.15) is 5.10 Å². The van der Waals surface area contributed by atoms with E-state index in [0.717, 1.165) is 16.8 Å². The van der Waals surface area contributed by atoms with E-state index in [2.05, 4.69) is 10.4 Å². The number of fused-ring (bicyclic) bond motifs is 2. The second-order valence-electron chi connectivity index (χ2n) is 6.65. The zero-order valence-corrected chi connectivity index (χ0v) is 14.5. The molecule has 136 valence electrons. The van der Waals surface area contributed by atoms with E-state index >= 15 is 0 Å². The van der Waals surface area contributed by atoms with Crippen LogP contribution in [0.5, 0.6) is 11.5 Å². The fraction of sp³-hybridized carbons (Fsp3) is 0.200. The third-order valence-corrected chi connectivity index (χ3v) is 4.97. The molecule has 1 N–H and O–H groups in total. The molecule has 2 aliphatic heterocycles. The molecule has 5 rings (SSSR count). The highest BCUT2D eigenvalue weighted by Crippen LogP contribution is 2.43. The Morgan fingerprint density at radius 2 is 1.93 bits per heavy atom. The van der Waals surface area contributed by atoms with Gasteiger partial charge in [-0.05, 0) is 48.9 Å². The van der Waals surface area contributed by atoms with Gasteiger partial charge in [-0.15, -0.1) is 0 Å². The number of aromatic nitrogens is 2. The summed E-state index contributed by atoms with van der Waals surface area (Å²) < 4.78 is 25.8. The highest BCUT2D eigenvalue weighted by Gasteiger charge is 2.33. The lowest BCUT2D eigenvalue weighted by atomic mass is 9.85. The molecular formula is C20H16FN3O3. The van der Waals surface area contributed by atoms with Crippen LogP contribution in [0.25, 0.3) is 5.69 Å². The molecule has 0 radical (unpaired) electrons. The Morgan fingerprint density at radius 1 is 1.15 bits per heavy atom. The van der Waals surface area contributed by atoms with Crippen LogP contribution in [-0.4, -0.2) is 22.5 Å². The van der Waals surface area contributed by atoms with Crippen molar-refractivity contribution in [3.8, 4) is 17.2 Å². The van der Waals surface area contributed by atoms with Crippen molar-refractivity contribution in [1.82, 2.24) is 9.78 Å². The number of anilines is 1. The van der Waals surface area contributed by atoms with Crippen molar-refractivity contribution in [3.05, 3.63) is 65.1 Å². The summed E-state index contributed by atoms with van der Waals surface area (Å²) in [5.74, 6) is 1.46. The zero-order valence-electron chi connectivity index (χ0n) is 14.5. The molecule has 7 heteroatoms. The molecule has 1 atom stereocenters. The third kappa shape index (κ3) is 2.54. The Morgan fingerprint density at radius 3 is 2.74 bits per heavy atom. The molecule has 3 heterocycles. The molecule has 0 unspecified atom stereocenters. The zero-order chi connectivity index (χ0) is 18.5. The first-order valence-corrected chi connectivity index (χ1v) is 8.65. The summed E-state index contributed by atoms with van der Waals surface area (Å²) in [6.07, 6.45) is 0.322. The largest absolute Gasteiger partial charge is 0.454 e. The Kier molecular flexibility index (Phi) is 3.43. The number of nitrogens with zero attached hydrogens (tertiary/aromatic N) is 2. The minimum Gasteiger partial charge on any atom is -0.454 e. The van der Waals surface area contributed by atoms with Gasteiger partial charge in [-0.25, -0.2) is 9.07 Å². The Hall–Kier alpha value is -3.35. The molecule has 3 aromatic rings. The normalized spacial score (nSPS) is 17.6. The van der Waals surface area contributed by atoms with E-state index in [4.69, 9.17) is 9.47 Å². The second-order valence-corrected chi connectivity index (χ2v) is 6.65. The molecule has 0 fully saturated rings. The van der Waals surface area contributed by atoms with Gasteiger partial charge >= 0.3 is 0 Å². The topological polar surface area (TPSA) is 65.4 Å². The van der Waals surface area contributed by atoms with Crippen molar-refractivity contribution in [2.45, 2.75) is 19.3 Å². The summed E-state index contributed by atoms with van der Waals surface area (Å²) in [7, 11) is 0. The number of halogens is 1. The van der Waals surface area contributed by atoms with Crippen LogP contribution >= 0.6 is 0 Å². The number of nitrogens with one attached hydrogen (secondary N) is 1. The van der Waals surface area contributed by atoms with E-state index in [1.165, 1.54) is 12.1 Å². The molecule has 27 heavy (non-hydrogen) atoms. The Bertz CT molecular complexity index is 1060. The van der Waals surface area contributed by atoms with Crippen molar-refractivity contribution in [3.63, 3.8) is 0 Å². The molecule has 0 spiro atoms. The van der Waals surface area contributed by atoms with Crippen molar-refractivity contribution in [1.29, 1.82) is 0 Å². The predicted molar refractivity (Wildman–Crippen MR) is 95.9 cm³/mol. The van der Waals surface area contributed by atoms with Gasteiger partial charge in [0.15, 0.2) is 11.5 Å². The molecule has 0 bridgehead atoms. The van der Waals surface area contributed by atoms with Gasteiger partial charge in [0.1, 0.15) is 11.6 Å². The summed E-state index contributed by atoms with van der Waals surface area (Å²) in [4.78, 5) is 12.4. The van der Waals surface area contributed by atoms with Gasteiger partial charge < -0.3 is 14.8 Å². The molecule has 0 saturated heterocycles.